The third kappa shape index (κ3) is 6.27. The topological polar surface area (TPSA) is 111 Å². The van der Waals surface area contributed by atoms with Crippen molar-refractivity contribution in [3.8, 4) is 5.82 Å². The summed E-state index contributed by atoms with van der Waals surface area (Å²) in [7, 11) is 2.74. The molecule has 1 aliphatic rings. The summed E-state index contributed by atoms with van der Waals surface area (Å²) in [5.74, 6) is -0.824. The molecule has 1 amide bonds. The molecule has 10 nitrogen and oxygen atoms in total. The van der Waals surface area contributed by atoms with Gasteiger partial charge in [-0.05, 0) is 56.2 Å². The number of nitrogens with zero attached hydrogens (tertiary/aromatic N) is 5. The van der Waals surface area contributed by atoms with Crippen LogP contribution < -0.4 is 10.9 Å². The second-order valence-electron chi connectivity index (χ2n) is 10.6. The number of benzene rings is 2. The van der Waals surface area contributed by atoms with Gasteiger partial charge in [0.25, 0.3) is 11.5 Å². The lowest BCUT2D eigenvalue weighted by Crippen LogP contribution is -2.46. The van der Waals surface area contributed by atoms with Gasteiger partial charge in [0.15, 0.2) is 5.69 Å². The van der Waals surface area contributed by atoms with Crippen molar-refractivity contribution in [3.63, 3.8) is 0 Å². The van der Waals surface area contributed by atoms with Gasteiger partial charge in [0.2, 0.25) is 5.95 Å². The number of alkyl halides is 3. The number of aromatic nitrogens is 4. The van der Waals surface area contributed by atoms with Crippen LogP contribution in [0, 0.1) is 0 Å². The van der Waals surface area contributed by atoms with Crippen LogP contribution in [-0.2, 0) is 30.9 Å². The maximum Gasteiger partial charge on any atom is 0.416 e. The summed E-state index contributed by atoms with van der Waals surface area (Å²) in [6.45, 7) is 3.50. The molecule has 5 rings (SSSR count). The molecule has 3 heterocycles. The zero-order valence-electron chi connectivity index (χ0n) is 24.4. The van der Waals surface area contributed by atoms with E-state index in [9.17, 15) is 27.6 Å². The first-order chi connectivity index (χ1) is 21.2. The molecule has 0 bridgehead atoms. The number of carbonyl (C=O) groups excluding carboxylic acids is 2. The maximum atomic E-state index is 14.1. The summed E-state index contributed by atoms with van der Waals surface area (Å²) in [6.07, 6.45) is -4.32. The van der Waals surface area contributed by atoms with E-state index in [1.54, 1.807) is 24.8 Å². The minimum absolute atomic E-state index is 0.00615. The van der Waals surface area contributed by atoms with E-state index in [2.05, 4.69) is 10.4 Å². The molecule has 236 valence electrons. The number of fused-ring (bicyclic) bond motifs is 1. The van der Waals surface area contributed by atoms with E-state index in [4.69, 9.17) is 32.9 Å². The van der Waals surface area contributed by atoms with Gasteiger partial charge >= 0.3 is 12.1 Å². The Morgan fingerprint density at radius 3 is 2.40 bits per heavy atom. The molecule has 0 unspecified atom stereocenters. The summed E-state index contributed by atoms with van der Waals surface area (Å²) >= 11 is 12.2. The van der Waals surface area contributed by atoms with Crippen molar-refractivity contribution in [2.45, 2.75) is 45.1 Å². The third-order valence-electron chi connectivity index (χ3n) is 7.60. The molecule has 0 aliphatic carbocycles. The van der Waals surface area contributed by atoms with Gasteiger partial charge in [-0.1, -0.05) is 35.3 Å². The Hall–Kier alpha value is -4.36. The molecule has 0 fully saturated rings. The van der Waals surface area contributed by atoms with Crippen molar-refractivity contribution >= 4 is 41.0 Å². The largest absolute Gasteiger partial charge is 0.464 e. The molecule has 45 heavy (non-hydrogen) atoms. The number of aryl methyl sites for hydroxylation is 1. The highest BCUT2D eigenvalue weighted by atomic mass is 35.5. The first kappa shape index (κ1) is 32.0. The number of hydrogen-bond donors (Lipinski definition) is 1. The SMILES string of the molecule is COC(=O)c1cc(-n2c(N[C@@H](C)c3ccc(C(F)(F)F)cc3)nc3c(c2=O)C[C@@H](C)N(C(=O)c2ccc(Cl)c(Cl)c2)C3)n(C)n1. The molecule has 0 saturated carbocycles. The summed E-state index contributed by atoms with van der Waals surface area (Å²) < 4.78 is 46.8. The summed E-state index contributed by atoms with van der Waals surface area (Å²) in [5.41, 5.74) is 0.185. The maximum absolute atomic E-state index is 14.1. The van der Waals surface area contributed by atoms with Crippen LogP contribution in [0.3, 0.4) is 0 Å². The van der Waals surface area contributed by atoms with Crippen LogP contribution in [0.15, 0.2) is 53.3 Å². The van der Waals surface area contributed by atoms with Gasteiger partial charge in [0, 0.05) is 30.3 Å². The number of ether oxygens (including phenoxy) is 1. The van der Waals surface area contributed by atoms with Crippen molar-refractivity contribution in [2.24, 2.45) is 7.05 Å². The van der Waals surface area contributed by atoms with Crippen molar-refractivity contribution in [2.75, 3.05) is 12.4 Å². The highest BCUT2D eigenvalue weighted by Gasteiger charge is 2.33. The number of hydrogen-bond acceptors (Lipinski definition) is 7. The van der Waals surface area contributed by atoms with Crippen LogP contribution in [0.2, 0.25) is 10.0 Å². The Labute approximate surface area is 265 Å². The van der Waals surface area contributed by atoms with Crippen LogP contribution in [0.25, 0.3) is 5.82 Å². The van der Waals surface area contributed by atoms with Gasteiger partial charge in [0.05, 0.1) is 41.0 Å². The Morgan fingerprint density at radius 2 is 1.78 bits per heavy atom. The zero-order valence-corrected chi connectivity index (χ0v) is 26.0. The smallest absolute Gasteiger partial charge is 0.416 e. The van der Waals surface area contributed by atoms with Crippen LogP contribution in [-0.4, -0.2) is 49.3 Å². The number of halogens is 5. The van der Waals surface area contributed by atoms with Crippen molar-refractivity contribution < 1.29 is 27.5 Å². The fraction of sp³-hybridized carbons (Fsp3) is 0.300. The molecule has 2 atom stereocenters. The van der Waals surface area contributed by atoms with Gasteiger partial charge in [-0.15, -0.1) is 0 Å². The number of amides is 1. The predicted octanol–water partition coefficient (Wildman–Crippen LogP) is 5.84. The minimum atomic E-state index is -4.50. The van der Waals surface area contributed by atoms with Gasteiger partial charge < -0.3 is 15.0 Å². The highest BCUT2D eigenvalue weighted by Crippen LogP contribution is 2.31. The second kappa shape index (κ2) is 12.2. The monoisotopic (exact) mass is 662 g/mol. The molecule has 0 saturated heterocycles. The standard InChI is InChI=1S/C30H27Cl2F3N6O4/c1-15-11-20-24(14-40(15)26(42)18-7-10-21(31)22(32)12-18)37-29(36-16(2)17-5-8-19(9-6-17)30(33,34)35)41(27(20)43)25-13-23(28(44)45-4)38-39(25)3/h5-10,12-13,15-16H,11,14H2,1-4H3,(H,36,37)/t15-,16+/m1/s1. The molecule has 2 aromatic heterocycles. The number of esters is 1. The second-order valence-corrected chi connectivity index (χ2v) is 11.4. The van der Waals surface area contributed by atoms with Crippen molar-refractivity contribution in [3.05, 3.63) is 103 Å². The van der Waals surface area contributed by atoms with E-state index < -0.39 is 35.4 Å². The van der Waals surface area contributed by atoms with E-state index >= 15 is 0 Å². The summed E-state index contributed by atoms with van der Waals surface area (Å²) in [4.78, 5) is 46.2. The molecule has 0 radical (unpaired) electrons. The van der Waals surface area contributed by atoms with E-state index in [1.807, 2.05) is 0 Å². The lowest BCUT2D eigenvalue weighted by molar-refractivity contribution is -0.137. The number of anilines is 1. The van der Waals surface area contributed by atoms with Crippen molar-refractivity contribution in [1.29, 1.82) is 0 Å². The molecular formula is C30H27Cl2F3N6O4. The Kier molecular flexibility index (Phi) is 8.69. The fourth-order valence-electron chi connectivity index (χ4n) is 5.14. The minimum Gasteiger partial charge on any atom is -0.464 e. The van der Waals surface area contributed by atoms with Gasteiger partial charge in [-0.2, -0.15) is 18.3 Å². The summed E-state index contributed by atoms with van der Waals surface area (Å²) in [5, 5.41) is 7.82. The van der Waals surface area contributed by atoms with Gasteiger partial charge in [-0.3, -0.25) is 14.3 Å². The highest BCUT2D eigenvalue weighted by molar-refractivity contribution is 6.42. The van der Waals surface area contributed by atoms with E-state index in [-0.39, 0.29) is 41.4 Å². The average Bonchev–Trinajstić information content (AvgIpc) is 3.38. The van der Waals surface area contributed by atoms with E-state index in [0.717, 1.165) is 12.1 Å². The molecule has 0 spiro atoms. The molecule has 2 aromatic carbocycles. The molecule has 4 aromatic rings. The normalized spacial score (nSPS) is 15.4. The summed E-state index contributed by atoms with van der Waals surface area (Å²) in [6, 6.07) is 9.53. The van der Waals surface area contributed by atoms with E-state index in [0.29, 0.717) is 27.4 Å². The first-order valence-corrected chi connectivity index (χ1v) is 14.4. The average molecular weight is 663 g/mol. The van der Waals surface area contributed by atoms with Crippen LogP contribution >= 0.6 is 23.2 Å². The number of rotatable bonds is 6. The molecule has 15 heteroatoms. The number of carbonyl (C=O) groups is 2. The van der Waals surface area contributed by atoms with Gasteiger partial charge in [-0.25, -0.2) is 14.3 Å². The van der Waals surface area contributed by atoms with Gasteiger partial charge in [0.1, 0.15) is 5.82 Å². The Bertz CT molecular complexity index is 1860. The number of methoxy groups -OCH3 is 1. The van der Waals surface area contributed by atoms with Crippen LogP contribution in [0.4, 0.5) is 19.1 Å². The Morgan fingerprint density at radius 1 is 1.09 bits per heavy atom. The zero-order chi connectivity index (χ0) is 32.8. The quantitative estimate of drug-likeness (QED) is 0.258. The van der Waals surface area contributed by atoms with Crippen LogP contribution in [0.5, 0.6) is 0 Å². The predicted molar refractivity (Wildman–Crippen MR) is 161 cm³/mol. The number of nitrogens with one attached hydrogen (secondary N) is 1. The first-order valence-electron chi connectivity index (χ1n) is 13.7. The third-order valence-corrected chi connectivity index (χ3v) is 8.34. The van der Waals surface area contributed by atoms with Crippen molar-refractivity contribution in [1.82, 2.24) is 24.2 Å². The molecule has 1 N–H and O–H groups in total. The lowest BCUT2D eigenvalue weighted by atomic mass is 9.98. The van der Waals surface area contributed by atoms with Crippen LogP contribution in [0.1, 0.15) is 63.1 Å². The Balaban J connectivity index is 1.59. The lowest BCUT2D eigenvalue weighted by Gasteiger charge is -2.35. The molecule has 1 aliphatic heterocycles. The fourth-order valence-corrected chi connectivity index (χ4v) is 5.44. The van der Waals surface area contributed by atoms with E-state index in [1.165, 1.54) is 53.7 Å². The molecular weight excluding hydrogens is 636 g/mol.